The summed E-state index contributed by atoms with van der Waals surface area (Å²) in [5.41, 5.74) is 1.08. The average Bonchev–Trinajstić information content (AvgIpc) is 2.39. The molecule has 1 aliphatic rings. The van der Waals surface area contributed by atoms with Gasteiger partial charge in [-0.2, -0.15) is 0 Å². The molecule has 0 radical (unpaired) electrons. The molecule has 1 heterocycles. The SMILES string of the molecule is CCNC1CC(CC(C)(C)OC)Oc2ccc(Br)cc21. The predicted octanol–water partition coefficient (Wildman–Crippen LogP) is 4.07. The fraction of sp³-hybridized carbons (Fsp3) is 0.625. The summed E-state index contributed by atoms with van der Waals surface area (Å²) < 4.78 is 12.8. The lowest BCUT2D eigenvalue weighted by molar-refractivity contribution is -0.0204. The second kappa shape index (κ2) is 6.46. The number of hydrogen-bond acceptors (Lipinski definition) is 3. The van der Waals surface area contributed by atoms with Crippen molar-refractivity contribution in [2.24, 2.45) is 0 Å². The summed E-state index contributed by atoms with van der Waals surface area (Å²) in [7, 11) is 1.76. The van der Waals surface area contributed by atoms with Crippen LogP contribution in [0, 0.1) is 0 Å². The Hall–Kier alpha value is -0.580. The number of halogens is 1. The molecule has 0 amide bonds. The van der Waals surface area contributed by atoms with Crippen molar-refractivity contribution in [1.82, 2.24) is 5.32 Å². The molecule has 0 saturated heterocycles. The fourth-order valence-electron chi connectivity index (χ4n) is 2.71. The molecule has 1 aliphatic heterocycles. The molecular weight excluding hydrogens is 318 g/mol. The minimum Gasteiger partial charge on any atom is -0.490 e. The fourth-order valence-corrected chi connectivity index (χ4v) is 3.09. The molecule has 1 aromatic rings. The van der Waals surface area contributed by atoms with Crippen LogP contribution in [0.3, 0.4) is 0 Å². The van der Waals surface area contributed by atoms with Gasteiger partial charge in [-0.25, -0.2) is 0 Å². The largest absolute Gasteiger partial charge is 0.490 e. The maximum atomic E-state index is 6.16. The van der Waals surface area contributed by atoms with E-state index >= 15 is 0 Å². The summed E-state index contributed by atoms with van der Waals surface area (Å²) in [6, 6.07) is 6.58. The first-order valence-corrected chi connectivity index (χ1v) is 7.99. The molecule has 2 unspecified atom stereocenters. The molecule has 0 aromatic heterocycles. The normalized spacial score (nSPS) is 22.2. The van der Waals surface area contributed by atoms with Crippen molar-refractivity contribution in [2.75, 3.05) is 13.7 Å². The zero-order chi connectivity index (χ0) is 14.8. The van der Waals surface area contributed by atoms with Gasteiger partial charge in [-0.1, -0.05) is 22.9 Å². The van der Waals surface area contributed by atoms with Crippen LogP contribution in [0.4, 0.5) is 0 Å². The second-order valence-electron chi connectivity index (χ2n) is 5.94. The maximum Gasteiger partial charge on any atom is 0.124 e. The van der Waals surface area contributed by atoms with Gasteiger partial charge in [0.15, 0.2) is 0 Å². The number of ether oxygens (including phenoxy) is 2. The minimum atomic E-state index is -0.158. The first-order valence-electron chi connectivity index (χ1n) is 7.20. The van der Waals surface area contributed by atoms with Crippen LogP contribution in [0.1, 0.15) is 45.2 Å². The van der Waals surface area contributed by atoms with Crippen molar-refractivity contribution < 1.29 is 9.47 Å². The second-order valence-corrected chi connectivity index (χ2v) is 6.85. The lowest BCUT2D eigenvalue weighted by atomic mass is 9.90. The van der Waals surface area contributed by atoms with Crippen molar-refractivity contribution in [3.8, 4) is 5.75 Å². The molecule has 2 rings (SSSR count). The Morgan fingerprint density at radius 3 is 2.85 bits per heavy atom. The van der Waals surface area contributed by atoms with E-state index in [0.29, 0.717) is 6.04 Å². The van der Waals surface area contributed by atoms with Gasteiger partial charge in [-0.15, -0.1) is 0 Å². The summed E-state index contributed by atoms with van der Waals surface area (Å²) in [6.07, 6.45) is 2.05. The smallest absolute Gasteiger partial charge is 0.124 e. The number of methoxy groups -OCH3 is 1. The van der Waals surface area contributed by atoms with E-state index < -0.39 is 0 Å². The van der Waals surface area contributed by atoms with E-state index in [1.807, 2.05) is 6.07 Å². The first kappa shape index (κ1) is 15.8. The van der Waals surface area contributed by atoms with Crippen molar-refractivity contribution in [3.63, 3.8) is 0 Å². The van der Waals surface area contributed by atoms with Gasteiger partial charge in [0.25, 0.3) is 0 Å². The van der Waals surface area contributed by atoms with E-state index in [4.69, 9.17) is 9.47 Å². The van der Waals surface area contributed by atoms with Gasteiger partial charge in [0, 0.05) is 36.0 Å². The molecule has 4 heteroatoms. The summed E-state index contributed by atoms with van der Waals surface area (Å²) >= 11 is 3.54. The molecule has 0 fully saturated rings. The standard InChI is InChI=1S/C16H24BrNO2/c1-5-18-14-9-12(10-16(2,3)19-4)20-15-7-6-11(17)8-13(14)15/h6-8,12,14,18H,5,9-10H2,1-4H3. The van der Waals surface area contributed by atoms with Crippen molar-refractivity contribution in [1.29, 1.82) is 0 Å². The summed E-state index contributed by atoms with van der Waals surface area (Å²) in [4.78, 5) is 0. The molecule has 20 heavy (non-hydrogen) atoms. The van der Waals surface area contributed by atoms with Crippen LogP contribution in [0.15, 0.2) is 22.7 Å². The molecule has 112 valence electrons. The monoisotopic (exact) mass is 341 g/mol. The Kier molecular flexibility index (Phi) is 5.10. The molecule has 1 N–H and O–H groups in total. The molecule has 0 aliphatic carbocycles. The zero-order valence-electron chi connectivity index (χ0n) is 12.7. The van der Waals surface area contributed by atoms with E-state index in [9.17, 15) is 0 Å². The summed E-state index contributed by atoms with van der Waals surface area (Å²) in [5.74, 6) is 0.988. The topological polar surface area (TPSA) is 30.5 Å². The highest BCUT2D eigenvalue weighted by Crippen LogP contribution is 2.38. The molecule has 0 spiro atoms. The van der Waals surface area contributed by atoms with Crippen molar-refractivity contribution in [3.05, 3.63) is 28.2 Å². The van der Waals surface area contributed by atoms with Gasteiger partial charge in [0.2, 0.25) is 0 Å². The van der Waals surface area contributed by atoms with E-state index in [2.05, 4.69) is 54.2 Å². The number of fused-ring (bicyclic) bond motifs is 1. The Labute approximate surface area is 130 Å². The van der Waals surface area contributed by atoms with Crippen LogP contribution in [0.5, 0.6) is 5.75 Å². The van der Waals surface area contributed by atoms with Crippen LogP contribution in [0.25, 0.3) is 0 Å². The lowest BCUT2D eigenvalue weighted by Gasteiger charge is -2.36. The summed E-state index contributed by atoms with van der Waals surface area (Å²) in [5, 5.41) is 3.56. The highest BCUT2D eigenvalue weighted by atomic mass is 79.9. The maximum absolute atomic E-state index is 6.16. The van der Waals surface area contributed by atoms with Gasteiger partial charge in [-0.05, 0) is 38.6 Å². The number of rotatable bonds is 5. The zero-order valence-corrected chi connectivity index (χ0v) is 14.3. The molecule has 2 atom stereocenters. The Balaban J connectivity index is 2.20. The number of benzene rings is 1. The first-order chi connectivity index (χ1) is 9.45. The Bertz CT molecular complexity index is 462. The average molecular weight is 342 g/mol. The quantitative estimate of drug-likeness (QED) is 0.875. The van der Waals surface area contributed by atoms with Crippen LogP contribution in [0.2, 0.25) is 0 Å². The highest BCUT2D eigenvalue weighted by Gasteiger charge is 2.32. The Morgan fingerprint density at radius 1 is 1.45 bits per heavy atom. The van der Waals surface area contributed by atoms with Gasteiger partial charge < -0.3 is 14.8 Å². The van der Waals surface area contributed by atoms with E-state index in [-0.39, 0.29) is 11.7 Å². The van der Waals surface area contributed by atoms with Gasteiger partial charge in [-0.3, -0.25) is 0 Å². The molecular formula is C16H24BrNO2. The third-order valence-corrected chi connectivity index (χ3v) is 4.36. The van der Waals surface area contributed by atoms with Gasteiger partial charge >= 0.3 is 0 Å². The number of nitrogens with one attached hydrogen (secondary N) is 1. The van der Waals surface area contributed by atoms with Gasteiger partial charge in [0.05, 0.1) is 5.60 Å². The van der Waals surface area contributed by atoms with Crippen LogP contribution in [-0.2, 0) is 4.74 Å². The van der Waals surface area contributed by atoms with E-state index in [1.165, 1.54) is 5.56 Å². The number of hydrogen-bond donors (Lipinski definition) is 1. The molecule has 3 nitrogen and oxygen atoms in total. The molecule has 0 saturated carbocycles. The third kappa shape index (κ3) is 3.74. The Morgan fingerprint density at radius 2 is 2.20 bits per heavy atom. The molecule has 1 aromatic carbocycles. The van der Waals surface area contributed by atoms with Crippen molar-refractivity contribution in [2.45, 2.75) is 51.4 Å². The molecule has 0 bridgehead atoms. The van der Waals surface area contributed by atoms with Crippen LogP contribution in [-0.4, -0.2) is 25.4 Å². The lowest BCUT2D eigenvalue weighted by Crippen LogP contribution is -2.38. The van der Waals surface area contributed by atoms with Crippen LogP contribution < -0.4 is 10.1 Å². The van der Waals surface area contributed by atoms with E-state index in [0.717, 1.165) is 29.6 Å². The summed E-state index contributed by atoms with van der Waals surface area (Å²) in [6.45, 7) is 7.31. The highest BCUT2D eigenvalue weighted by molar-refractivity contribution is 9.10. The van der Waals surface area contributed by atoms with E-state index in [1.54, 1.807) is 7.11 Å². The minimum absolute atomic E-state index is 0.158. The predicted molar refractivity (Wildman–Crippen MR) is 85.3 cm³/mol. The van der Waals surface area contributed by atoms with Crippen molar-refractivity contribution >= 4 is 15.9 Å². The van der Waals surface area contributed by atoms with Crippen LogP contribution >= 0.6 is 15.9 Å². The van der Waals surface area contributed by atoms with Gasteiger partial charge in [0.1, 0.15) is 11.9 Å². The third-order valence-electron chi connectivity index (χ3n) is 3.86.